The van der Waals surface area contributed by atoms with Gasteiger partial charge in [-0.2, -0.15) is 0 Å². The molecule has 0 radical (unpaired) electrons. The maximum atomic E-state index is 12.5. The normalized spacial score (nSPS) is 17.7. The van der Waals surface area contributed by atoms with E-state index in [9.17, 15) is 9.59 Å². The monoisotopic (exact) mass is 334 g/mol. The predicted octanol–water partition coefficient (Wildman–Crippen LogP) is 2.60. The van der Waals surface area contributed by atoms with Crippen LogP contribution in [0.1, 0.15) is 32.3 Å². The van der Waals surface area contributed by atoms with Gasteiger partial charge in [-0.05, 0) is 18.4 Å². The van der Waals surface area contributed by atoms with Crippen LogP contribution >= 0.6 is 11.8 Å². The first-order valence-corrected chi connectivity index (χ1v) is 9.24. The van der Waals surface area contributed by atoms with Gasteiger partial charge in [-0.15, -0.1) is 11.8 Å². The topological polar surface area (TPSA) is 40.6 Å². The molecule has 0 aromatic heterocycles. The lowest BCUT2D eigenvalue weighted by Gasteiger charge is -2.35. The Morgan fingerprint density at radius 1 is 1.04 bits per heavy atom. The summed E-state index contributed by atoms with van der Waals surface area (Å²) in [6, 6.07) is 10.4. The van der Waals surface area contributed by atoms with Crippen molar-refractivity contribution < 1.29 is 9.59 Å². The average molecular weight is 334 g/mol. The third-order valence-electron chi connectivity index (χ3n) is 4.35. The second kappa shape index (κ2) is 8.39. The Balaban J connectivity index is 1.78. The molecular weight excluding hydrogens is 308 g/mol. The van der Waals surface area contributed by atoms with E-state index in [1.165, 1.54) is 5.56 Å². The largest absolute Gasteiger partial charge is 0.339 e. The molecule has 2 amide bonds. The van der Waals surface area contributed by atoms with Crippen molar-refractivity contribution in [2.75, 3.05) is 31.9 Å². The number of hydrogen-bond donors (Lipinski definition) is 0. The number of carbonyl (C=O) groups is 2. The number of rotatable bonds is 5. The summed E-state index contributed by atoms with van der Waals surface area (Å²) in [5, 5.41) is -0.0370. The fraction of sp³-hybridized carbons (Fsp3) is 0.556. The van der Waals surface area contributed by atoms with Gasteiger partial charge in [0, 0.05) is 38.9 Å². The maximum Gasteiger partial charge on any atom is 0.235 e. The lowest BCUT2D eigenvalue weighted by Crippen LogP contribution is -2.51. The maximum absolute atomic E-state index is 12.5. The SMILES string of the molecule is CC(=O)N1CCN(C(=O)[C@H](C)SC[C@@H](C)c2ccccc2)CC1. The van der Waals surface area contributed by atoms with E-state index in [4.69, 9.17) is 0 Å². The van der Waals surface area contributed by atoms with Crippen LogP contribution in [0.4, 0.5) is 0 Å². The fourth-order valence-corrected chi connectivity index (χ4v) is 3.80. The molecule has 126 valence electrons. The molecular formula is C18H26N2O2S. The van der Waals surface area contributed by atoms with Gasteiger partial charge < -0.3 is 9.80 Å². The summed E-state index contributed by atoms with van der Waals surface area (Å²) in [7, 11) is 0. The highest BCUT2D eigenvalue weighted by molar-refractivity contribution is 8.00. The van der Waals surface area contributed by atoms with Crippen molar-refractivity contribution in [2.45, 2.75) is 31.9 Å². The number of nitrogens with zero attached hydrogens (tertiary/aromatic N) is 2. The van der Waals surface area contributed by atoms with E-state index in [0.29, 0.717) is 32.1 Å². The summed E-state index contributed by atoms with van der Waals surface area (Å²) in [5.41, 5.74) is 1.31. The zero-order valence-electron chi connectivity index (χ0n) is 14.2. The molecule has 0 N–H and O–H groups in total. The van der Waals surface area contributed by atoms with Crippen molar-refractivity contribution in [2.24, 2.45) is 0 Å². The number of hydrogen-bond acceptors (Lipinski definition) is 3. The Kier molecular flexibility index (Phi) is 6.51. The molecule has 0 saturated carbocycles. The third-order valence-corrected chi connectivity index (χ3v) is 5.74. The van der Waals surface area contributed by atoms with Crippen LogP contribution in [0.3, 0.4) is 0 Å². The molecule has 1 aromatic carbocycles. The molecule has 1 heterocycles. The van der Waals surface area contributed by atoms with Crippen molar-refractivity contribution in [3.8, 4) is 0 Å². The molecule has 1 aliphatic heterocycles. The van der Waals surface area contributed by atoms with Crippen LogP contribution in [0.2, 0.25) is 0 Å². The molecule has 1 aliphatic rings. The number of piperazine rings is 1. The van der Waals surface area contributed by atoms with Crippen LogP contribution in [0, 0.1) is 0 Å². The molecule has 0 aliphatic carbocycles. The Labute approximate surface area is 143 Å². The molecule has 23 heavy (non-hydrogen) atoms. The smallest absolute Gasteiger partial charge is 0.235 e. The van der Waals surface area contributed by atoms with Crippen molar-refractivity contribution in [1.29, 1.82) is 0 Å². The Bertz CT molecular complexity index is 527. The van der Waals surface area contributed by atoms with Crippen molar-refractivity contribution in [3.05, 3.63) is 35.9 Å². The van der Waals surface area contributed by atoms with Crippen LogP contribution in [-0.4, -0.2) is 58.8 Å². The number of amides is 2. The number of carbonyl (C=O) groups excluding carboxylic acids is 2. The quantitative estimate of drug-likeness (QED) is 0.831. The molecule has 1 fully saturated rings. The van der Waals surface area contributed by atoms with Crippen LogP contribution in [0.25, 0.3) is 0 Å². The minimum Gasteiger partial charge on any atom is -0.339 e. The van der Waals surface area contributed by atoms with Crippen molar-refractivity contribution in [1.82, 2.24) is 9.80 Å². The van der Waals surface area contributed by atoms with Gasteiger partial charge in [0.05, 0.1) is 5.25 Å². The summed E-state index contributed by atoms with van der Waals surface area (Å²) in [4.78, 5) is 27.6. The van der Waals surface area contributed by atoms with Crippen molar-refractivity contribution >= 4 is 23.6 Å². The molecule has 1 saturated heterocycles. The number of benzene rings is 1. The van der Waals surface area contributed by atoms with Gasteiger partial charge in [-0.25, -0.2) is 0 Å². The van der Waals surface area contributed by atoms with E-state index in [-0.39, 0.29) is 17.1 Å². The van der Waals surface area contributed by atoms with E-state index >= 15 is 0 Å². The average Bonchev–Trinajstić information content (AvgIpc) is 2.59. The molecule has 0 spiro atoms. The minimum absolute atomic E-state index is 0.0370. The van der Waals surface area contributed by atoms with Crippen molar-refractivity contribution in [3.63, 3.8) is 0 Å². The Morgan fingerprint density at radius 3 is 2.17 bits per heavy atom. The third kappa shape index (κ3) is 4.99. The van der Waals surface area contributed by atoms with E-state index < -0.39 is 0 Å². The molecule has 0 unspecified atom stereocenters. The second-order valence-corrected chi connectivity index (χ2v) is 7.49. The van der Waals surface area contributed by atoms with E-state index in [2.05, 4.69) is 31.2 Å². The predicted molar refractivity (Wildman–Crippen MR) is 95.6 cm³/mol. The van der Waals surface area contributed by atoms with Gasteiger partial charge in [0.1, 0.15) is 0 Å². The molecule has 2 atom stereocenters. The second-order valence-electron chi connectivity index (χ2n) is 6.12. The van der Waals surface area contributed by atoms with Crippen LogP contribution < -0.4 is 0 Å². The summed E-state index contributed by atoms with van der Waals surface area (Å²) < 4.78 is 0. The summed E-state index contributed by atoms with van der Waals surface area (Å²) >= 11 is 1.72. The minimum atomic E-state index is -0.0370. The fourth-order valence-electron chi connectivity index (χ4n) is 2.74. The van der Waals surface area contributed by atoms with Gasteiger partial charge in [0.2, 0.25) is 11.8 Å². The molecule has 2 rings (SSSR count). The van der Waals surface area contributed by atoms with Gasteiger partial charge in [-0.3, -0.25) is 9.59 Å². The van der Waals surface area contributed by atoms with Gasteiger partial charge in [-0.1, -0.05) is 37.3 Å². The van der Waals surface area contributed by atoms with Crippen LogP contribution in [0.5, 0.6) is 0 Å². The lowest BCUT2D eigenvalue weighted by atomic mass is 10.0. The molecule has 1 aromatic rings. The molecule has 5 heteroatoms. The summed E-state index contributed by atoms with van der Waals surface area (Å²) in [6.07, 6.45) is 0. The standard InChI is InChI=1S/C18H26N2O2S/c1-14(17-7-5-4-6-8-17)13-23-15(2)18(22)20-11-9-19(10-12-20)16(3)21/h4-8,14-15H,9-13H2,1-3H3/t14-,15+/m1/s1. The van der Waals surface area contributed by atoms with E-state index in [0.717, 1.165) is 5.75 Å². The highest BCUT2D eigenvalue weighted by Gasteiger charge is 2.26. The summed E-state index contributed by atoms with van der Waals surface area (Å²) in [5.74, 6) is 1.66. The van der Waals surface area contributed by atoms with Gasteiger partial charge in [0.15, 0.2) is 0 Å². The van der Waals surface area contributed by atoms with Gasteiger partial charge >= 0.3 is 0 Å². The lowest BCUT2D eigenvalue weighted by molar-refractivity contribution is -0.137. The number of thioether (sulfide) groups is 1. The van der Waals surface area contributed by atoms with Gasteiger partial charge in [0.25, 0.3) is 0 Å². The highest BCUT2D eigenvalue weighted by Crippen LogP contribution is 2.24. The Hall–Kier alpha value is -1.49. The van der Waals surface area contributed by atoms with Crippen LogP contribution in [0.15, 0.2) is 30.3 Å². The zero-order chi connectivity index (χ0) is 16.8. The Morgan fingerprint density at radius 2 is 1.61 bits per heavy atom. The first-order chi connectivity index (χ1) is 11.0. The van der Waals surface area contributed by atoms with Crippen LogP contribution in [-0.2, 0) is 9.59 Å². The molecule has 4 nitrogen and oxygen atoms in total. The summed E-state index contributed by atoms with van der Waals surface area (Å²) in [6.45, 7) is 8.38. The molecule has 0 bridgehead atoms. The van der Waals surface area contributed by atoms with E-state index in [1.54, 1.807) is 23.6 Å². The first-order valence-electron chi connectivity index (χ1n) is 8.20. The first kappa shape index (κ1) is 17.9. The zero-order valence-corrected chi connectivity index (χ0v) is 15.0. The highest BCUT2D eigenvalue weighted by atomic mass is 32.2. The van der Waals surface area contributed by atoms with E-state index in [1.807, 2.05) is 17.9 Å².